The van der Waals surface area contributed by atoms with Crippen LogP contribution in [0.4, 0.5) is 0 Å². The fourth-order valence-electron chi connectivity index (χ4n) is 1.55. The lowest BCUT2D eigenvalue weighted by molar-refractivity contribution is 0.771. The highest BCUT2D eigenvalue weighted by Gasteiger charge is 2.02. The third-order valence-corrected chi connectivity index (χ3v) is 2.09. The molecule has 0 atom stereocenters. The first-order valence-corrected chi connectivity index (χ1v) is 4.60. The average molecular weight is 187 g/mol. The van der Waals surface area contributed by atoms with Gasteiger partial charge < -0.3 is 0 Å². The van der Waals surface area contributed by atoms with Crippen LogP contribution < -0.4 is 0 Å². The Morgan fingerprint density at radius 3 is 2.29 bits per heavy atom. The molecule has 0 unspecified atom stereocenters. The summed E-state index contributed by atoms with van der Waals surface area (Å²) in [5.74, 6) is 0. The SMILES string of the molecule is Cc1cc(-c2ccn(C)n2)cc(C)n1. The van der Waals surface area contributed by atoms with Gasteiger partial charge in [0.1, 0.15) is 0 Å². The predicted molar refractivity (Wildman–Crippen MR) is 55.9 cm³/mol. The van der Waals surface area contributed by atoms with Crippen molar-refractivity contribution in [2.75, 3.05) is 0 Å². The summed E-state index contributed by atoms with van der Waals surface area (Å²) in [4.78, 5) is 4.33. The van der Waals surface area contributed by atoms with Crippen molar-refractivity contribution >= 4 is 0 Å². The van der Waals surface area contributed by atoms with E-state index in [1.807, 2.05) is 33.2 Å². The molecule has 0 amide bonds. The van der Waals surface area contributed by atoms with Gasteiger partial charge in [0, 0.05) is 30.2 Å². The smallest absolute Gasteiger partial charge is 0.0924 e. The first-order chi connectivity index (χ1) is 6.65. The molecular formula is C11H13N3. The van der Waals surface area contributed by atoms with E-state index >= 15 is 0 Å². The van der Waals surface area contributed by atoms with Crippen LogP contribution >= 0.6 is 0 Å². The number of aryl methyl sites for hydroxylation is 3. The standard InChI is InChI=1S/C11H13N3/c1-8-6-10(7-9(2)12-8)11-4-5-14(3)13-11/h4-7H,1-3H3. The maximum Gasteiger partial charge on any atom is 0.0924 e. The summed E-state index contributed by atoms with van der Waals surface area (Å²) in [7, 11) is 1.92. The van der Waals surface area contributed by atoms with Gasteiger partial charge in [0.2, 0.25) is 0 Å². The van der Waals surface area contributed by atoms with E-state index in [-0.39, 0.29) is 0 Å². The van der Waals surface area contributed by atoms with Crippen LogP contribution in [-0.2, 0) is 7.05 Å². The first kappa shape index (κ1) is 8.94. The van der Waals surface area contributed by atoms with Gasteiger partial charge in [0.15, 0.2) is 0 Å². The molecule has 2 rings (SSSR count). The Kier molecular flexibility index (Phi) is 2.08. The normalized spacial score (nSPS) is 10.5. The number of aromatic nitrogens is 3. The summed E-state index contributed by atoms with van der Waals surface area (Å²) in [6, 6.07) is 6.11. The van der Waals surface area contributed by atoms with Crippen molar-refractivity contribution < 1.29 is 0 Å². The van der Waals surface area contributed by atoms with E-state index in [1.165, 1.54) is 0 Å². The minimum absolute atomic E-state index is 1.00. The minimum Gasteiger partial charge on any atom is -0.275 e. The lowest BCUT2D eigenvalue weighted by Gasteiger charge is -2.00. The molecule has 0 saturated heterocycles. The van der Waals surface area contributed by atoms with E-state index in [0.29, 0.717) is 0 Å². The number of hydrogen-bond donors (Lipinski definition) is 0. The maximum atomic E-state index is 4.35. The highest BCUT2D eigenvalue weighted by atomic mass is 15.2. The van der Waals surface area contributed by atoms with Gasteiger partial charge in [-0.05, 0) is 32.0 Å². The molecule has 0 bridgehead atoms. The van der Waals surface area contributed by atoms with Crippen LogP contribution in [0, 0.1) is 13.8 Å². The maximum absolute atomic E-state index is 4.35. The van der Waals surface area contributed by atoms with Crippen molar-refractivity contribution in [3.8, 4) is 11.3 Å². The van der Waals surface area contributed by atoms with Crippen molar-refractivity contribution in [1.29, 1.82) is 0 Å². The second-order valence-electron chi connectivity index (χ2n) is 3.51. The average Bonchev–Trinajstić information content (AvgIpc) is 2.50. The van der Waals surface area contributed by atoms with Crippen molar-refractivity contribution in [1.82, 2.24) is 14.8 Å². The molecule has 0 aromatic carbocycles. The number of rotatable bonds is 1. The van der Waals surface area contributed by atoms with Crippen LogP contribution in [0.15, 0.2) is 24.4 Å². The van der Waals surface area contributed by atoms with Gasteiger partial charge in [-0.3, -0.25) is 9.67 Å². The van der Waals surface area contributed by atoms with Gasteiger partial charge in [-0.25, -0.2) is 0 Å². The molecule has 14 heavy (non-hydrogen) atoms. The van der Waals surface area contributed by atoms with Gasteiger partial charge in [-0.15, -0.1) is 0 Å². The van der Waals surface area contributed by atoms with Gasteiger partial charge in [-0.1, -0.05) is 0 Å². The largest absolute Gasteiger partial charge is 0.275 e. The van der Waals surface area contributed by atoms with Crippen molar-refractivity contribution in [2.24, 2.45) is 7.05 Å². The molecule has 0 saturated carbocycles. The topological polar surface area (TPSA) is 30.7 Å². The molecule has 0 radical (unpaired) electrons. The zero-order chi connectivity index (χ0) is 10.1. The monoisotopic (exact) mass is 187 g/mol. The minimum atomic E-state index is 1.00. The Bertz CT molecular complexity index is 437. The molecule has 0 fully saturated rings. The molecular weight excluding hydrogens is 174 g/mol. The Balaban J connectivity index is 2.51. The molecule has 3 nitrogen and oxygen atoms in total. The first-order valence-electron chi connectivity index (χ1n) is 4.60. The van der Waals surface area contributed by atoms with Gasteiger partial charge >= 0.3 is 0 Å². The summed E-state index contributed by atoms with van der Waals surface area (Å²) in [5, 5.41) is 4.35. The molecule has 3 heteroatoms. The van der Waals surface area contributed by atoms with Crippen molar-refractivity contribution in [2.45, 2.75) is 13.8 Å². The van der Waals surface area contributed by atoms with Crippen LogP contribution in [0.5, 0.6) is 0 Å². The number of hydrogen-bond acceptors (Lipinski definition) is 2. The van der Waals surface area contributed by atoms with Gasteiger partial charge in [-0.2, -0.15) is 5.10 Å². The summed E-state index contributed by atoms with van der Waals surface area (Å²) < 4.78 is 1.81. The van der Waals surface area contributed by atoms with Crippen molar-refractivity contribution in [3.05, 3.63) is 35.8 Å². The molecule has 72 valence electrons. The lowest BCUT2D eigenvalue weighted by atomic mass is 10.1. The second kappa shape index (κ2) is 3.25. The summed E-state index contributed by atoms with van der Waals surface area (Å²) in [6.07, 6.45) is 1.94. The second-order valence-corrected chi connectivity index (χ2v) is 3.51. The zero-order valence-corrected chi connectivity index (χ0v) is 8.65. The Morgan fingerprint density at radius 2 is 1.79 bits per heavy atom. The quantitative estimate of drug-likeness (QED) is 0.684. The van der Waals surface area contributed by atoms with Crippen LogP contribution in [0.25, 0.3) is 11.3 Å². The molecule has 0 aliphatic carbocycles. The summed E-state index contributed by atoms with van der Waals surface area (Å²) in [5.41, 5.74) is 4.20. The summed E-state index contributed by atoms with van der Waals surface area (Å²) in [6.45, 7) is 4.00. The zero-order valence-electron chi connectivity index (χ0n) is 8.65. The molecule has 0 aliphatic heterocycles. The van der Waals surface area contributed by atoms with Gasteiger partial charge in [0.05, 0.1) is 5.69 Å². The van der Waals surface area contributed by atoms with E-state index in [9.17, 15) is 0 Å². The summed E-state index contributed by atoms with van der Waals surface area (Å²) >= 11 is 0. The Hall–Kier alpha value is -1.64. The molecule has 0 aliphatic rings. The molecule has 2 heterocycles. The van der Waals surface area contributed by atoms with E-state index in [0.717, 1.165) is 22.6 Å². The van der Waals surface area contributed by atoms with Crippen molar-refractivity contribution in [3.63, 3.8) is 0 Å². The number of nitrogens with zero attached hydrogens (tertiary/aromatic N) is 3. The van der Waals surface area contributed by atoms with Crippen LogP contribution in [-0.4, -0.2) is 14.8 Å². The highest BCUT2D eigenvalue weighted by molar-refractivity contribution is 5.59. The molecule has 0 N–H and O–H groups in total. The van der Waals surface area contributed by atoms with Gasteiger partial charge in [0.25, 0.3) is 0 Å². The molecule has 2 aromatic heterocycles. The molecule has 0 spiro atoms. The van der Waals surface area contributed by atoms with E-state index < -0.39 is 0 Å². The lowest BCUT2D eigenvalue weighted by Crippen LogP contribution is -1.90. The highest BCUT2D eigenvalue weighted by Crippen LogP contribution is 2.17. The van der Waals surface area contributed by atoms with Crippen LogP contribution in [0.1, 0.15) is 11.4 Å². The number of pyridine rings is 1. The van der Waals surface area contributed by atoms with E-state index in [2.05, 4.69) is 22.2 Å². The van der Waals surface area contributed by atoms with Crippen LogP contribution in [0.3, 0.4) is 0 Å². The van der Waals surface area contributed by atoms with E-state index in [1.54, 1.807) is 4.68 Å². The third kappa shape index (κ3) is 1.66. The third-order valence-electron chi connectivity index (χ3n) is 2.09. The molecule has 2 aromatic rings. The fourth-order valence-corrected chi connectivity index (χ4v) is 1.55. The predicted octanol–water partition coefficient (Wildman–Crippen LogP) is 2.10. The van der Waals surface area contributed by atoms with E-state index in [4.69, 9.17) is 0 Å². The fraction of sp³-hybridized carbons (Fsp3) is 0.273. The Morgan fingerprint density at radius 1 is 1.14 bits per heavy atom. The Labute approximate surface area is 83.4 Å². The van der Waals surface area contributed by atoms with Crippen LogP contribution in [0.2, 0.25) is 0 Å².